The number of ketones is 1. The van der Waals surface area contributed by atoms with Gasteiger partial charge < -0.3 is 5.11 Å². The fourth-order valence-electron chi connectivity index (χ4n) is 6.52. The van der Waals surface area contributed by atoms with Gasteiger partial charge in [0.05, 0.1) is 5.52 Å². The van der Waals surface area contributed by atoms with Crippen molar-refractivity contribution in [2.75, 3.05) is 0 Å². The van der Waals surface area contributed by atoms with Gasteiger partial charge in [0.25, 0.3) is 0 Å². The number of hydrogen-bond acceptors (Lipinski definition) is 6. The Morgan fingerprint density at radius 2 is 1.50 bits per heavy atom. The second-order valence-corrected chi connectivity index (χ2v) is 18.2. The first kappa shape index (κ1) is 41.8. The van der Waals surface area contributed by atoms with Crippen molar-refractivity contribution < 1.29 is 30.0 Å². The van der Waals surface area contributed by atoms with E-state index in [9.17, 15) is 9.90 Å². The van der Waals surface area contributed by atoms with Crippen LogP contribution in [0.4, 0.5) is 0 Å². The maximum Gasteiger partial charge on any atom is 0.164 e. The first-order chi connectivity index (χ1) is 24.1. The van der Waals surface area contributed by atoms with E-state index in [1.807, 2.05) is 52.9 Å². The molecule has 0 aliphatic carbocycles. The molecule has 0 spiro atoms. The Hall–Kier alpha value is -2.96. The fourth-order valence-corrected chi connectivity index (χ4v) is 9.01. The summed E-state index contributed by atoms with van der Waals surface area (Å²) >= 11 is 3.71. The molecule has 3 aromatic heterocycles. The van der Waals surface area contributed by atoms with Crippen LogP contribution in [-0.4, -0.2) is 20.9 Å². The van der Waals surface area contributed by atoms with Gasteiger partial charge in [0.1, 0.15) is 12.1 Å². The quantitative estimate of drug-likeness (QED) is 0.0845. The van der Waals surface area contributed by atoms with E-state index in [1.54, 1.807) is 17.7 Å². The van der Waals surface area contributed by atoms with Crippen molar-refractivity contribution in [3.8, 4) is 11.3 Å². The molecule has 6 rings (SSSR count). The largest absolute Gasteiger partial charge is 0.512 e. The van der Waals surface area contributed by atoms with E-state index in [-0.39, 0.29) is 47.9 Å². The Morgan fingerprint density at radius 3 is 2.12 bits per heavy atom. The predicted molar refractivity (Wildman–Crippen MR) is 222 cm³/mol. The minimum absolute atomic E-state index is 0. The number of thiophene rings is 2. The number of aliphatic hydroxyl groups excluding tert-OH is 1. The van der Waals surface area contributed by atoms with Gasteiger partial charge in [-0.05, 0) is 67.0 Å². The van der Waals surface area contributed by atoms with Gasteiger partial charge in [-0.25, -0.2) is 4.98 Å². The smallest absolute Gasteiger partial charge is 0.164 e. The standard InChI is InChI=1S/C30H27N2S2.C15H28O2.Ir/c1-17(2)10-21-12-19-14-26-23(15-25(19)33-21)28-29(34-26)27(31-16-32-28)20-11-18-8-6-7-9-22(18)24(13-20)30(3,4)5;1-7-14(5,8-2)12(16)11-13(17)15(6,9-3)10-4;/h6-9,12-17H,10H2,1-5H3;11,16H,7-10H2,1-6H3;/q-1;;/b;12-11-;. The monoisotopic (exact) mass is 912 g/mol. The molecular formula is C45H55IrN2O2S2-. The van der Waals surface area contributed by atoms with Crippen LogP contribution in [0.15, 0.2) is 66.7 Å². The fraction of sp³-hybridized carbons (Fsp3) is 0.444. The topological polar surface area (TPSA) is 63.1 Å². The van der Waals surface area contributed by atoms with Crippen LogP contribution in [0.25, 0.3) is 52.4 Å². The summed E-state index contributed by atoms with van der Waals surface area (Å²) in [6, 6.07) is 21.5. The van der Waals surface area contributed by atoms with E-state index in [4.69, 9.17) is 9.97 Å². The van der Waals surface area contributed by atoms with Gasteiger partial charge in [0, 0.05) is 67.1 Å². The number of carbonyl (C=O) groups excluding carboxylic acids is 1. The maximum atomic E-state index is 12.2. The van der Waals surface area contributed by atoms with E-state index in [0.29, 0.717) is 5.92 Å². The summed E-state index contributed by atoms with van der Waals surface area (Å²) in [5.74, 6) is 0.954. The van der Waals surface area contributed by atoms with Crippen molar-refractivity contribution in [3.63, 3.8) is 0 Å². The molecular weight excluding hydrogens is 857 g/mol. The van der Waals surface area contributed by atoms with Crippen LogP contribution in [0.2, 0.25) is 0 Å². The number of rotatable bonds is 10. The second kappa shape index (κ2) is 16.6. The molecule has 0 aliphatic heterocycles. The number of nitrogens with zero attached hydrogens (tertiary/aromatic N) is 2. The van der Waals surface area contributed by atoms with Crippen molar-refractivity contribution >= 4 is 69.6 Å². The number of aromatic nitrogens is 2. The van der Waals surface area contributed by atoms with Crippen molar-refractivity contribution in [2.45, 2.75) is 114 Å². The third kappa shape index (κ3) is 8.54. The van der Waals surface area contributed by atoms with Gasteiger partial charge in [0.15, 0.2) is 5.78 Å². The van der Waals surface area contributed by atoms with Gasteiger partial charge in [0.2, 0.25) is 0 Å². The van der Waals surface area contributed by atoms with E-state index < -0.39 is 0 Å². The van der Waals surface area contributed by atoms with Crippen LogP contribution in [-0.2, 0) is 36.7 Å². The molecule has 6 aromatic rings. The van der Waals surface area contributed by atoms with E-state index in [2.05, 4.69) is 89.2 Å². The zero-order valence-corrected chi connectivity index (χ0v) is 36.8. The van der Waals surface area contributed by atoms with Crippen LogP contribution in [0.5, 0.6) is 0 Å². The second-order valence-electron chi connectivity index (χ2n) is 16.0. The summed E-state index contributed by atoms with van der Waals surface area (Å²) in [7, 11) is 0. The van der Waals surface area contributed by atoms with Crippen LogP contribution in [0.1, 0.15) is 112 Å². The number of aliphatic hydroxyl groups is 1. The van der Waals surface area contributed by atoms with E-state index in [0.717, 1.165) is 59.0 Å². The van der Waals surface area contributed by atoms with Crippen molar-refractivity contribution in [2.24, 2.45) is 16.7 Å². The molecule has 0 bridgehead atoms. The molecule has 0 saturated heterocycles. The van der Waals surface area contributed by atoms with Crippen LogP contribution >= 0.6 is 22.7 Å². The number of fused-ring (bicyclic) bond motifs is 5. The minimum atomic E-state index is -0.337. The molecule has 3 aromatic carbocycles. The summed E-state index contributed by atoms with van der Waals surface area (Å²) in [6.45, 7) is 23.5. The molecule has 279 valence electrons. The molecule has 0 fully saturated rings. The van der Waals surface area contributed by atoms with Crippen LogP contribution < -0.4 is 0 Å². The van der Waals surface area contributed by atoms with Crippen molar-refractivity contribution in [1.82, 2.24) is 9.97 Å². The Balaban J connectivity index is 0.000000289. The molecule has 7 heteroatoms. The van der Waals surface area contributed by atoms with Crippen LogP contribution in [0.3, 0.4) is 0 Å². The molecule has 0 amide bonds. The van der Waals surface area contributed by atoms with Gasteiger partial charge in [-0.2, -0.15) is 0 Å². The van der Waals surface area contributed by atoms with Crippen molar-refractivity contribution in [3.05, 3.63) is 83.2 Å². The average molecular weight is 912 g/mol. The maximum absolute atomic E-state index is 12.2. The summed E-state index contributed by atoms with van der Waals surface area (Å²) in [4.78, 5) is 23.2. The van der Waals surface area contributed by atoms with Crippen molar-refractivity contribution in [1.29, 1.82) is 0 Å². The summed E-state index contributed by atoms with van der Waals surface area (Å²) in [5, 5.41) is 15.1. The zero-order chi connectivity index (χ0) is 37.3. The van der Waals surface area contributed by atoms with Gasteiger partial charge in [-0.15, -0.1) is 51.8 Å². The molecule has 1 radical (unpaired) electrons. The Labute approximate surface area is 332 Å². The molecule has 0 unspecified atom stereocenters. The number of carbonyl (C=O) groups is 1. The molecule has 0 saturated carbocycles. The Morgan fingerprint density at radius 1 is 0.846 bits per heavy atom. The molecule has 1 N–H and O–H groups in total. The van der Waals surface area contributed by atoms with Gasteiger partial charge in [-0.3, -0.25) is 9.78 Å². The number of allylic oxidation sites excluding steroid dienone is 2. The first-order valence-corrected chi connectivity index (χ1v) is 20.2. The number of benzene rings is 3. The normalized spacial score (nSPS) is 12.8. The first-order valence-electron chi connectivity index (χ1n) is 18.6. The molecule has 3 heterocycles. The van der Waals surface area contributed by atoms with Crippen LogP contribution in [0, 0.1) is 22.8 Å². The SMILES string of the molecule is CC(C)Cc1cc2cc3sc4c(-c5[c-]c6ccccc6c(C(C)(C)C)c5)ncnc4c3cc2s1.CCC(C)(CC)C(=O)/C=C(\O)C(C)(CC)CC.[Ir]. The van der Waals surface area contributed by atoms with Gasteiger partial charge >= 0.3 is 0 Å². The minimum Gasteiger partial charge on any atom is -0.512 e. The Bertz CT molecular complexity index is 2210. The number of hydrogen-bond donors (Lipinski definition) is 1. The summed E-state index contributed by atoms with van der Waals surface area (Å²) in [6.07, 6.45) is 7.60. The summed E-state index contributed by atoms with van der Waals surface area (Å²) < 4.78 is 3.76. The molecule has 0 aliphatic rings. The molecule has 4 nitrogen and oxygen atoms in total. The van der Waals surface area contributed by atoms with E-state index >= 15 is 0 Å². The molecule has 0 atom stereocenters. The van der Waals surface area contributed by atoms with Gasteiger partial charge in [-0.1, -0.05) is 105 Å². The predicted octanol–water partition coefficient (Wildman–Crippen LogP) is 13.8. The third-order valence-electron chi connectivity index (χ3n) is 11.0. The Kier molecular flexibility index (Phi) is 13.3. The summed E-state index contributed by atoms with van der Waals surface area (Å²) in [5.41, 5.74) is 3.81. The van der Waals surface area contributed by atoms with E-state index in [1.165, 1.54) is 42.1 Å². The molecule has 52 heavy (non-hydrogen) atoms. The third-order valence-corrected chi connectivity index (χ3v) is 13.3. The zero-order valence-electron chi connectivity index (χ0n) is 32.8. The average Bonchev–Trinajstić information content (AvgIpc) is 3.67.